The molecule has 0 unspecified atom stereocenters. The van der Waals surface area contributed by atoms with Gasteiger partial charge < -0.3 is 24.1 Å². The summed E-state index contributed by atoms with van der Waals surface area (Å²) in [5.41, 5.74) is 1.94. The molecule has 0 aliphatic heterocycles. The molecule has 0 spiro atoms. The smallest absolute Gasteiger partial charge is 0.230 e. The minimum Gasteiger partial charge on any atom is -0.497 e. The molecule has 0 saturated heterocycles. The fourth-order valence-electron chi connectivity index (χ4n) is 2.55. The molecule has 7 heteroatoms. The third kappa shape index (κ3) is 4.38. The van der Waals surface area contributed by atoms with Crippen LogP contribution in [0.5, 0.6) is 17.2 Å². The maximum Gasteiger partial charge on any atom is 0.230 e. The molecule has 3 aromatic rings. The summed E-state index contributed by atoms with van der Waals surface area (Å²) in [5, 5.41) is 6.78. The minimum atomic E-state index is -0.229. The van der Waals surface area contributed by atoms with Crippen LogP contribution in [-0.4, -0.2) is 32.4 Å². The first-order valence-corrected chi connectivity index (χ1v) is 8.25. The Kier molecular flexibility index (Phi) is 5.61. The molecular weight excluding hydrogens is 348 g/mol. The van der Waals surface area contributed by atoms with E-state index in [0.29, 0.717) is 28.6 Å². The van der Waals surface area contributed by atoms with Crippen LogP contribution in [-0.2, 0) is 11.2 Å². The minimum absolute atomic E-state index is 0.0782. The predicted molar refractivity (Wildman–Crippen MR) is 100 cm³/mol. The molecule has 0 atom stereocenters. The summed E-state index contributed by atoms with van der Waals surface area (Å²) in [6.45, 7) is 0. The van der Waals surface area contributed by atoms with Crippen LogP contribution in [0.2, 0.25) is 0 Å². The van der Waals surface area contributed by atoms with Gasteiger partial charge in [0.1, 0.15) is 17.2 Å². The molecule has 0 aliphatic rings. The first kappa shape index (κ1) is 18.3. The number of rotatable bonds is 7. The van der Waals surface area contributed by atoms with Gasteiger partial charge in [-0.3, -0.25) is 4.79 Å². The van der Waals surface area contributed by atoms with Crippen molar-refractivity contribution in [2.24, 2.45) is 0 Å². The zero-order valence-corrected chi connectivity index (χ0v) is 15.3. The highest BCUT2D eigenvalue weighted by Gasteiger charge is 2.13. The van der Waals surface area contributed by atoms with E-state index in [4.69, 9.17) is 18.7 Å². The zero-order chi connectivity index (χ0) is 19.2. The van der Waals surface area contributed by atoms with Gasteiger partial charge in [-0.05, 0) is 36.4 Å². The number of methoxy groups -OCH3 is 3. The van der Waals surface area contributed by atoms with Gasteiger partial charge in [0.05, 0.1) is 39.1 Å². The largest absolute Gasteiger partial charge is 0.497 e. The Morgan fingerprint density at radius 2 is 1.67 bits per heavy atom. The average molecular weight is 368 g/mol. The van der Waals surface area contributed by atoms with Gasteiger partial charge in [-0.15, -0.1) is 0 Å². The van der Waals surface area contributed by atoms with Crippen molar-refractivity contribution in [1.82, 2.24) is 5.16 Å². The Morgan fingerprint density at radius 1 is 0.963 bits per heavy atom. The van der Waals surface area contributed by atoms with Gasteiger partial charge in [-0.25, -0.2) is 0 Å². The maximum absolute atomic E-state index is 12.3. The van der Waals surface area contributed by atoms with E-state index in [0.717, 1.165) is 11.3 Å². The van der Waals surface area contributed by atoms with Crippen molar-refractivity contribution < 1.29 is 23.5 Å². The Bertz CT molecular complexity index is 918. The maximum atomic E-state index is 12.3. The lowest BCUT2D eigenvalue weighted by Crippen LogP contribution is -2.15. The van der Waals surface area contributed by atoms with Crippen molar-refractivity contribution in [2.75, 3.05) is 26.6 Å². The number of nitrogens with one attached hydrogen (secondary N) is 1. The van der Waals surface area contributed by atoms with Gasteiger partial charge in [0.2, 0.25) is 5.91 Å². The zero-order valence-electron chi connectivity index (χ0n) is 15.3. The van der Waals surface area contributed by atoms with Crippen molar-refractivity contribution in [3.05, 3.63) is 54.2 Å². The summed E-state index contributed by atoms with van der Waals surface area (Å²) in [6, 6.07) is 14.3. The normalized spacial score (nSPS) is 10.3. The molecule has 0 bridgehead atoms. The van der Waals surface area contributed by atoms with Crippen molar-refractivity contribution in [1.29, 1.82) is 0 Å². The standard InChI is InChI=1S/C20H20N2O5/c1-24-15-6-4-13(5-7-15)18-10-14(22-27-18)11-20(23)21-17-9-8-16(25-2)12-19(17)26-3/h4-10,12H,11H2,1-3H3,(H,21,23). The lowest BCUT2D eigenvalue weighted by atomic mass is 10.1. The molecule has 140 valence electrons. The summed E-state index contributed by atoms with van der Waals surface area (Å²) >= 11 is 0. The summed E-state index contributed by atoms with van der Waals surface area (Å²) in [4.78, 5) is 12.3. The van der Waals surface area contributed by atoms with Crippen molar-refractivity contribution in [2.45, 2.75) is 6.42 Å². The lowest BCUT2D eigenvalue weighted by molar-refractivity contribution is -0.115. The number of nitrogens with zero attached hydrogens (tertiary/aromatic N) is 1. The summed E-state index contributed by atoms with van der Waals surface area (Å²) in [6.07, 6.45) is 0.0782. The molecule has 0 radical (unpaired) electrons. The fourth-order valence-corrected chi connectivity index (χ4v) is 2.55. The average Bonchev–Trinajstić information content (AvgIpc) is 3.16. The van der Waals surface area contributed by atoms with Gasteiger partial charge in [-0.2, -0.15) is 0 Å². The SMILES string of the molecule is COc1ccc(-c2cc(CC(=O)Nc3ccc(OC)cc3OC)no2)cc1. The second-order valence-corrected chi connectivity index (χ2v) is 5.70. The van der Waals surface area contributed by atoms with Crippen LogP contribution >= 0.6 is 0 Å². The van der Waals surface area contributed by atoms with E-state index in [2.05, 4.69) is 10.5 Å². The van der Waals surface area contributed by atoms with Gasteiger partial charge in [0, 0.05) is 17.7 Å². The number of benzene rings is 2. The highest BCUT2D eigenvalue weighted by molar-refractivity contribution is 5.93. The van der Waals surface area contributed by atoms with Crippen LogP contribution in [0.15, 0.2) is 53.1 Å². The second-order valence-electron chi connectivity index (χ2n) is 5.70. The number of ether oxygens (including phenoxy) is 3. The van der Waals surface area contributed by atoms with E-state index in [1.807, 2.05) is 24.3 Å². The number of carbonyl (C=O) groups excluding carboxylic acids is 1. The first-order valence-electron chi connectivity index (χ1n) is 8.25. The van der Waals surface area contributed by atoms with E-state index in [1.54, 1.807) is 38.5 Å². The first-order chi connectivity index (χ1) is 13.1. The van der Waals surface area contributed by atoms with Crippen LogP contribution in [0, 0.1) is 0 Å². The highest BCUT2D eigenvalue weighted by atomic mass is 16.5. The highest BCUT2D eigenvalue weighted by Crippen LogP contribution is 2.29. The van der Waals surface area contributed by atoms with E-state index in [9.17, 15) is 4.79 Å². The lowest BCUT2D eigenvalue weighted by Gasteiger charge is -2.11. The quantitative estimate of drug-likeness (QED) is 0.687. The molecule has 1 heterocycles. The molecular formula is C20H20N2O5. The van der Waals surface area contributed by atoms with E-state index in [1.165, 1.54) is 7.11 Å². The number of aromatic nitrogens is 1. The molecule has 1 N–H and O–H groups in total. The number of hydrogen-bond donors (Lipinski definition) is 1. The van der Waals surface area contributed by atoms with Crippen molar-refractivity contribution >= 4 is 11.6 Å². The van der Waals surface area contributed by atoms with Crippen molar-refractivity contribution in [3.63, 3.8) is 0 Å². The molecule has 3 rings (SSSR count). The van der Waals surface area contributed by atoms with Gasteiger partial charge in [0.15, 0.2) is 5.76 Å². The van der Waals surface area contributed by atoms with Crippen LogP contribution in [0.4, 0.5) is 5.69 Å². The van der Waals surface area contributed by atoms with Gasteiger partial charge >= 0.3 is 0 Å². The van der Waals surface area contributed by atoms with Crippen LogP contribution in [0.3, 0.4) is 0 Å². The molecule has 0 aliphatic carbocycles. The Balaban J connectivity index is 1.67. The fraction of sp³-hybridized carbons (Fsp3) is 0.200. The van der Waals surface area contributed by atoms with Gasteiger partial charge in [-0.1, -0.05) is 5.16 Å². The Hall–Kier alpha value is -3.48. The Morgan fingerprint density at radius 3 is 2.33 bits per heavy atom. The molecule has 1 aromatic heterocycles. The summed E-state index contributed by atoms with van der Waals surface area (Å²) in [7, 11) is 4.71. The van der Waals surface area contributed by atoms with E-state index in [-0.39, 0.29) is 12.3 Å². The summed E-state index contributed by atoms with van der Waals surface area (Å²) in [5.74, 6) is 2.27. The second kappa shape index (κ2) is 8.27. The third-order valence-electron chi connectivity index (χ3n) is 3.96. The summed E-state index contributed by atoms with van der Waals surface area (Å²) < 4.78 is 20.9. The monoisotopic (exact) mass is 368 g/mol. The van der Waals surface area contributed by atoms with E-state index < -0.39 is 0 Å². The number of hydrogen-bond acceptors (Lipinski definition) is 6. The van der Waals surface area contributed by atoms with Crippen LogP contribution in [0.25, 0.3) is 11.3 Å². The molecule has 27 heavy (non-hydrogen) atoms. The Labute approximate surface area is 156 Å². The van der Waals surface area contributed by atoms with Gasteiger partial charge in [0.25, 0.3) is 0 Å². The molecule has 1 amide bonds. The van der Waals surface area contributed by atoms with Crippen LogP contribution < -0.4 is 19.5 Å². The predicted octanol–water partition coefficient (Wildman–Crippen LogP) is 3.55. The molecule has 0 saturated carbocycles. The van der Waals surface area contributed by atoms with Crippen molar-refractivity contribution in [3.8, 4) is 28.6 Å². The van der Waals surface area contributed by atoms with Crippen LogP contribution in [0.1, 0.15) is 5.69 Å². The number of carbonyl (C=O) groups is 1. The molecule has 0 fully saturated rings. The number of anilines is 1. The molecule has 7 nitrogen and oxygen atoms in total. The topological polar surface area (TPSA) is 82.8 Å². The van der Waals surface area contributed by atoms with E-state index >= 15 is 0 Å². The third-order valence-corrected chi connectivity index (χ3v) is 3.96. The number of amides is 1. The molecule has 2 aromatic carbocycles.